The number of esters is 2. The van der Waals surface area contributed by atoms with Crippen LogP contribution >= 0.6 is 0 Å². The maximum atomic E-state index is 12.1. The number of rotatable bonds is 3. The predicted octanol–water partition coefficient (Wildman–Crippen LogP) is 1.49. The van der Waals surface area contributed by atoms with Gasteiger partial charge in [0.05, 0.1) is 11.1 Å². The number of benzene rings is 1. The van der Waals surface area contributed by atoms with Crippen LogP contribution in [0.3, 0.4) is 0 Å². The summed E-state index contributed by atoms with van der Waals surface area (Å²) in [6.07, 6.45) is -1.03. The third kappa shape index (κ3) is 2.49. The average Bonchev–Trinajstić information content (AvgIpc) is 2.65. The van der Waals surface area contributed by atoms with E-state index in [2.05, 4.69) is 0 Å². The SMILES string of the molecule is CC1(C)COC(=O)[C@H]1OC(=O)c1ccccc1C(=O)O. The van der Waals surface area contributed by atoms with Gasteiger partial charge < -0.3 is 14.6 Å². The van der Waals surface area contributed by atoms with Crippen molar-refractivity contribution < 1.29 is 29.0 Å². The Kier molecular flexibility index (Phi) is 3.48. The van der Waals surface area contributed by atoms with Crippen molar-refractivity contribution in [3.05, 3.63) is 35.4 Å². The second-order valence-electron chi connectivity index (χ2n) is 5.23. The van der Waals surface area contributed by atoms with Gasteiger partial charge in [-0.2, -0.15) is 0 Å². The molecule has 1 aromatic carbocycles. The second kappa shape index (κ2) is 4.96. The van der Waals surface area contributed by atoms with Gasteiger partial charge in [0.1, 0.15) is 6.61 Å². The van der Waals surface area contributed by atoms with Crippen LogP contribution in [0.25, 0.3) is 0 Å². The van der Waals surface area contributed by atoms with Gasteiger partial charge in [0.15, 0.2) is 0 Å². The van der Waals surface area contributed by atoms with Gasteiger partial charge >= 0.3 is 17.9 Å². The average molecular weight is 278 g/mol. The summed E-state index contributed by atoms with van der Waals surface area (Å²) in [6, 6.07) is 5.69. The molecule has 106 valence electrons. The van der Waals surface area contributed by atoms with E-state index in [0.29, 0.717) is 0 Å². The molecular weight excluding hydrogens is 264 g/mol. The summed E-state index contributed by atoms with van der Waals surface area (Å²) < 4.78 is 10.0. The molecule has 0 aromatic heterocycles. The van der Waals surface area contributed by atoms with Crippen molar-refractivity contribution in [2.75, 3.05) is 6.61 Å². The van der Waals surface area contributed by atoms with E-state index in [9.17, 15) is 14.4 Å². The van der Waals surface area contributed by atoms with Crippen molar-refractivity contribution in [1.29, 1.82) is 0 Å². The zero-order chi connectivity index (χ0) is 14.9. The van der Waals surface area contributed by atoms with Crippen LogP contribution < -0.4 is 0 Å². The molecule has 1 atom stereocenters. The lowest BCUT2D eigenvalue weighted by atomic mass is 9.90. The molecule has 6 heteroatoms. The molecule has 1 fully saturated rings. The van der Waals surface area contributed by atoms with Crippen molar-refractivity contribution >= 4 is 17.9 Å². The highest BCUT2D eigenvalue weighted by atomic mass is 16.6. The standard InChI is InChI=1S/C14H14O6/c1-14(2)7-19-13(18)10(14)20-12(17)9-6-4-3-5-8(9)11(15)16/h3-6,10H,7H2,1-2H3,(H,15,16)/t10-/m1/s1. The molecule has 0 radical (unpaired) electrons. The van der Waals surface area contributed by atoms with E-state index < -0.39 is 29.4 Å². The number of aromatic carboxylic acids is 1. The molecule has 1 N–H and O–H groups in total. The number of carboxylic acids is 1. The largest absolute Gasteiger partial charge is 0.478 e. The Balaban J connectivity index is 2.25. The van der Waals surface area contributed by atoms with E-state index in [0.717, 1.165) is 0 Å². The lowest BCUT2D eigenvalue weighted by Gasteiger charge is -2.21. The maximum absolute atomic E-state index is 12.1. The topological polar surface area (TPSA) is 89.9 Å². The van der Waals surface area contributed by atoms with Crippen LogP contribution in [0.5, 0.6) is 0 Å². The van der Waals surface area contributed by atoms with Gasteiger partial charge in [-0.25, -0.2) is 14.4 Å². The Morgan fingerprint density at radius 1 is 1.30 bits per heavy atom. The summed E-state index contributed by atoms with van der Waals surface area (Å²) >= 11 is 0. The summed E-state index contributed by atoms with van der Waals surface area (Å²) in [5.41, 5.74) is -0.887. The van der Waals surface area contributed by atoms with Gasteiger partial charge in [-0.05, 0) is 12.1 Å². The van der Waals surface area contributed by atoms with Crippen LogP contribution in [0, 0.1) is 5.41 Å². The first-order valence-electron chi connectivity index (χ1n) is 6.03. The zero-order valence-corrected chi connectivity index (χ0v) is 11.1. The van der Waals surface area contributed by atoms with E-state index >= 15 is 0 Å². The van der Waals surface area contributed by atoms with Gasteiger partial charge in [0, 0.05) is 5.41 Å². The third-order valence-electron chi connectivity index (χ3n) is 3.11. The van der Waals surface area contributed by atoms with Crippen LogP contribution in [0.15, 0.2) is 24.3 Å². The fourth-order valence-electron chi connectivity index (χ4n) is 1.95. The van der Waals surface area contributed by atoms with Crippen molar-refractivity contribution in [2.24, 2.45) is 5.41 Å². The Morgan fingerprint density at radius 2 is 1.90 bits per heavy atom. The minimum absolute atomic E-state index is 0.0875. The first-order valence-corrected chi connectivity index (χ1v) is 6.03. The molecule has 20 heavy (non-hydrogen) atoms. The van der Waals surface area contributed by atoms with Gasteiger partial charge in [-0.1, -0.05) is 26.0 Å². The minimum Gasteiger partial charge on any atom is -0.478 e. The zero-order valence-electron chi connectivity index (χ0n) is 11.1. The van der Waals surface area contributed by atoms with Crippen molar-refractivity contribution in [3.63, 3.8) is 0 Å². The molecule has 2 rings (SSSR count). The summed E-state index contributed by atoms with van der Waals surface area (Å²) in [7, 11) is 0. The van der Waals surface area contributed by atoms with Crippen molar-refractivity contribution in [1.82, 2.24) is 0 Å². The smallest absolute Gasteiger partial charge is 0.348 e. The van der Waals surface area contributed by atoms with Crippen LogP contribution in [0.2, 0.25) is 0 Å². The highest BCUT2D eigenvalue weighted by molar-refractivity contribution is 6.03. The van der Waals surface area contributed by atoms with Crippen LogP contribution in [0.4, 0.5) is 0 Å². The maximum Gasteiger partial charge on any atom is 0.348 e. The number of carboxylic acid groups (broad SMARTS) is 1. The molecule has 1 aliphatic rings. The summed E-state index contributed by atoms with van der Waals surface area (Å²) in [5, 5.41) is 9.03. The number of hydrogen-bond donors (Lipinski definition) is 1. The second-order valence-corrected chi connectivity index (χ2v) is 5.23. The van der Waals surface area contributed by atoms with E-state index in [1.165, 1.54) is 24.3 Å². The fraction of sp³-hybridized carbons (Fsp3) is 0.357. The number of ether oxygens (including phenoxy) is 2. The first kappa shape index (κ1) is 14.0. The molecule has 1 saturated heterocycles. The number of hydrogen-bond acceptors (Lipinski definition) is 5. The van der Waals surface area contributed by atoms with E-state index in [-0.39, 0.29) is 17.7 Å². The molecule has 0 bridgehead atoms. The predicted molar refractivity (Wildman–Crippen MR) is 67.3 cm³/mol. The van der Waals surface area contributed by atoms with Crippen LogP contribution in [0.1, 0.15) is 34.6 Å². The lowest BCUT2D eigenvalue weighted by molar-refractivity contribution is -0.145. The summed E-state index contributed by atoms with van der Waals surface area (Å²) in [5.74, 6) is -2.69. The Morgan fingerprint density at radius 3 is 2.40 bits per heavy atom. The highest BCUT2D eigenvalue weighted by Gasteiger charge is 2.46. The van der Waals surface area contributed by atoms with Crippen molar-refractivity contribution in [3.8, 4) is 0 Å². The molecule has 1 heterocycles. The molecule has 0 aliphatic carbocycles. The quantitative estimate of drug-likeness (QED) is 0.842. The number of cyclic esters (lactones) is 1. The van der Waals surface area contributed by atoms with Crippen LogP contribution in [-0.2, 0) is 14.3 Å². The van der Waals surface area contributed by atoms with Gasteiger partial charge in [0.25, 0.3) is 0 Å². The summed E-state index contributed by atoms with van der Waals surface area (Å²) in [6.45, 7) is 3.63. The van der Waals surface area contributed by atoms with Crippen molar-refractivity contribution in [2.45, 2.75) is 20.0 Å². The van der Waals surface area contributed by atoms with E-state index in [4.69, 9.17) is 14.6 Å². The van der Waals surface area contributed by atoms with E-state index in [1.807, 2.05) is 0 Å². The number of carbonyl (C=O) groups is 3. The monoisotopic (exact) mass is 278 g/mol. The third-order valence-corrected chi connectivity index (χ3v) is 3.11. The first-order chi connectivity index (χ1) is 9.33. The molecule has 1 aromatic rings. The molecule has 0 unspecified atom stereocenters. The normalized spacial score (nSPS) is 20.3. The minimum atomic E-state index is -1.23. The Hall–Kier alpha value is -2.37. The molecule has 0 spiro atoms. The highest BCUT2D eigenvalue weighted by Crippen LogP contribution is 2.31. The molecule has 6 nitrogen and oxygen atoms in total. The van der Waals surface area contributed by atoms with Gasteiger partial charge in [-0.3, -0.25) is 0 Å². The lowest BCUT2D eigenvalue weighted by Crippen LogP contribution is -2.35. The van der Waals surface area contributed by atoms with Gasteiger partial charge in [-0.15, -0.1) is 0 Å². The molecular formula is C14H14O6. The van der Waals surface area contributed by atoms with Crippen LogP contribution in [-0.4, -0.2) is 35.7 Å². The molecule has 0 amide bonds. The fourth-order valence-corrected chi connectivity index (χ4v) is 1.95. The molecule has 0 saturated carbocycles. The van der Waals surface area contributed by atoms with Gasteiger partial charge in [0.2, 0.25) is 6.10 Å². The number of carbonyl (C=O) groups excluding carboxylic acids is 2. The molecule has 1 aliphatic heterocycles. The summed E-state index contributed by atoms with van der Waals surface area (Å²) in [4.78, 5) is 34.7. The Labute approximate surface area is 115 Å². The Bertz CT molecular complexity index is 575. The van der Waals surface area contributed by atoms with E-state index in [1.54, 1.807) is 13.8 Å².